The van der Waals surface area contributed by atoms with E-state index >= 15 is 0 Å². The first-order valence-electron chi connectivity index (χ1n) is 12.6. The molecule has 0 aliphatic heterocycles. The fourth-order valence-corrected chi connectivity index (χ4v) is 3.86. The van der Waals surface area contributed by atoms with Crippen molar-refractivity contribution < 1.29 is 19.1 Å². The second kappa shape index (κ2) is 14.6. The van der Waals surface area contributed by atoms with Gasteiger partial charge in [-0.15, -0.1) is 0 Å². The van der Waals surface area contributed by atoms with E-state index in [2.05, 4.69) is 16.0 Å². The van der Waals surface area contributed by atoms with E-state index in [-0.39, 0.29) is 18.4 Å². The monoisotopic (exact) mass is 501 g/mol. The van der Waals surface area contributed by atoms with Crippen LogP contribution in [-0.2, 0) is 38.6 Å². The molecule has 0 aliphatic rings. The van der Waals surface area contributed by atoms with Crippen molar-refractivity contribution in [3.63, 3.8) is 0 Å². The number of ether oxygens (including phenoxy) is 1. The highest BCUT2D eigenvalue weighted by Crippen LogP contribution is 2.11. The van der Waals surface area contributed by atoms with Crippen LogP contribution in [0.1, 0.15) is 37.0 Å². The van der Waals surface area contributed by atoms with Crippen LogP contribution >= 0.6 is 0 Å². The van der Waals surface area contributed by atoms with Crippen molar-refractivity contribution in [2.24, 2.45) is 0 Å². The van der Waals surface area contributed by atoms with Crippen LogP contribution in [-0.4, -0.2) is 36.4 Å². The predicted molar refractivity (Wildman–Crippen MR) is 145 cm³/mol. The van der Waals surface area contributed by atoms with Crippen LogP contribution in [0.2, 0.25) is 0 Å². The number of hydrogen-bond donors (Lipinski definition) is 3. The Bertz CT molecular complexity index is 1130. The first-order valence-corrected chi connectivity index (χ1v) is 12.6. The van der Waals surface area contributed by atoms with Crippen molar-refractivity contribution in [2.45, 2.75) is 51.8 Å². The highest BCUT2D eigenvalue weighted by molar-refractivity contribution is 5.88. The van der Waals surface area contributed by atoms with Crippen LogP contribution in [0.3, 0.4) is 0 Å². The minimum Gasteiger partial charge on any atom is -0.459 e. The topological polar surface area (TPSA) is 96.5 Å². The van der Waals surface area contributed by atoms with Gasteiger partial charge in [-0.2, -0.15) is 0 Å². The molecule has 0 spiro atoms. The molecule has 0 radical (unpaired) electrons. The van der Waals surface area contributed by atoms with E-state index in [9.17, 15) is 14.4 Å². The molecule has 2 amide bonds. The Morgan fingerprint density at radius 3 is 2.00 bits per heavy atom. The fourth-order valence-electron chi connectivity index (χ4n) is 3.86. The zero-order valence-corrected chi connectivity index (χ0v) is 21.4. The number of carbonyl (C=O) groups excluding carboxylic acids is 3. The summed E-state index contributed by atoms with van der Waals surface area (Å²) in [5.41, 5.74) is 3.87. The van der Waals surface area contributed by atoms with Crippen molar-refractivity contribution in [3.05, 3.63) is 102 Å². The number of carbonyl (C=O) groups is 3. The molecule has 0 aliphatic carbocycles. The summed E-state index contributed by atoms with van der Waals surface area (Å²) in [5.74, 6) is -0.820. The third kappa shape index (κ3) is 9.89. The summed E-state index contributed by atoms with van der Waals surface area (Å²) in [6.07, 6.45) is 2.03. The number of benzene rings is 3. The molecule has 0 saturated carbocycles. The quantitative estimate of drug-likeness (QED) is 0.307. The fraction of sp³-hybridized carbons (Fsp3) is 0.300. The second-order valence-electron chi connectivity index (χ2n) is 8.98. The van der Waals surface area contributed by atoms with E-state index in [0.29, 0.717) is 19.4 Å². The highest BCUT2D eigenvalue weighted by Gasteiger charge is 2.23. The SMILES string of the molecule is CC(=O)Nc1ccc(CCN[C@H](CCc2ccccc2)C(=O)N[C@@H](C)C(=O)OCc2ccccc2)cc1. The molecular formula is C30H35N3O4. The summed E-state index contributed by atoms with van der Waals surface area (Å²) in [6, 6.07) is 25.8. The predicted octanol–water partition coefficient (Wildman–Crippen LogP) is 4.03. The van der Waals surface area contributed by atoms with E-state index in [1.54, 1.807) is 6.92 Å². The van der Waals surface area contributed by atoms with Crippen molar-refractivity contribution in [2.75, 3.05) is 11.9 Å². The molecule has 37 heavy (non-hydrogen) atoms. The van der Waals surface area contributed by atoms with Gasteiger partial charge in [-0.3, -0.25) is 9.59 Å². The van der Waals surface area contributed by atoms with E-state index in [4.69, 9.17) is 4.74 Å². The molecule has 0 unspecified atom stereocenters. The molecule has 2 atom stereocenters. The van der Waals surface area contributed by atoms with Crippen molar-refractivity contribution in [3.8, 4) is 0 Å². The third-order valence-electron chi connectivity index (χ3n) is 5.90. The molecule has 3 aromatic rings. The highest BCUT2D eigenvalue weighted by atomic mass is 16.5. The van der Waals surface area contributed by atoms with E-state index in [1.807, 2.05) is 84.9 Å². The van der Waals surface area contributed by atoms with Gasteiger partial charge >= 0.3 is 5.97 Å². The van der Waals surface area contributed by atoms with Crippen LogP contribution in [0.5, 0.6) is 0 Å². The van der Waals surface area contributed by atoms with Gasteiger partial charge in [0.25, 0.3) is 0 Å². The maximum atomic E-state index is 13.1. The lowest BCUT2D eigenvalue weighted by molar-refractivity contribution is -0.148. The van der Waals surface area contributed by atoms with Gasteiger partial charge in [-0.25, -0.2) is 4.79 Å². The first-order chi connectivity index (χ1) is 17.9. The van der Waals surface area contributed by atoms with Crippen molar-refractivity contribution in [1.82, 2.24) is 10.6 Å². The number of anilines is 1. The normalized spacial score (nSPS) is 12.3. The van der Waals surface area contributed by atoms with Crippen LogP contribution in [0.4, 0.5) is 5.69 Å². The van der Waals surface area contributed by atoms with Gasteiger partial charge in [0, 0.05) is 12.6 Å². The van der Waals surface area contributed by atoms with E-state index in [1.165, 1.54) is 6.92 Å². The summed E-state index contributed by atoms with van der Waals surface area (Å²) in [7, 11) is 0. The van der Waals surface area contributed by atoms with E-state index in [0.717, 1.165) is 28.8 Å². The number of amides is 2. The number of hydrogen-bond acceptors (Lipinski definition) is 5. The van der Waals surface area contributed by atoms with Gasteiger partial charge in [0.1, 0.15) is 12.6 Å². The minimum atomic E-state index is -0.765. The van der Waals surface area contributed by atoms with Gasteiger partial charge in [-0.05, 0) is 61.6 Å². The molecule has 7 heteroatoms. The number of aryl methyl sites for hydroxylation is 1. The Kier molecular flexibility index (Phi) is 10.9. The molecule has 7 nitrogen and oxygen atoms in total. The smallest absolute Gasteiger partial charge is 0.328 e. The van der Waals surface area contributed by atoms with Gasteiger partial charge < -0.3 is 20.7 Å². The third-order valence-corrected chi connectivity index (χ3v) is 5.90. The number of rotatable bonds is 13. The minimum absolute atomic E-state index is 0.111. The maximum absolute atomic E-state index is 13.1. The Morgan fingerprint density at radius 1 is 0.784 bits per heavy atom. The Hall–Kier alpha value is -3.97. The average molecular weight is 502 g/mol. The Labute approximate surface area is 218 Å². The average Bonchev–Trinajstić information content (AvgIpc) is 2.91. The molecule has 0 aromatic heterocycles. The molecule has 0 bridgehead atoms. The Morgan fingerprint density at radius 2 is 1.38 bits per heavy atom. The first kappa shape index (κ1) is 27.6. The Balaban J connectivity index is 1.54. The second-order valence-corrected chi connectivity index (χ2v) is 8.98. The van der Waals surface area contributed by atoms with Gasteiger partial charge in [0.15, 0.2) is 0 Å². The van der Waals surface area contributed by atoms with Crippen molar-refractivity contribution >= 4 is 23.5 Å². The number of esters is 1. The standard InChI is InChI=1S/C30H35N3O4/c1-22(30(36)37-21-26-11-7-4-8-12-26)32-29(35)28(18-15-24-9-5-3-6-10-24)31-20-19-25-13-16-27(17-14-25)33-23(2)34/h3-14,16-17,22,28,31H,15,18-21H2,1-2H3,(H,32,35)(H,33,34)/t22-,28+/m0/s1. The lowest BCUT2D eigenvalue weighted by Crippen LogP contribution is -2.50. The largest absolute Gasteiger partial charge is 0.459 e. The zero-order valence-electron chi connectivity index (χ0n) is 21.4. The summed E-state index contributed by atoms with van der Waals surface area (Å²) in [5, 5.41) is 8.92. The molecular weight excluding hydrogens is 466 g/mol. The van der Waals surface area contributed by atoms with Crippen molar-refractivity contribution in [1.29, 1.82) is 0 Å². The maximum Gasteiger partial charge on any atom is 0.328 e. The molecule has 194 valence electrons. The molecule has 3 rings (SSSR count). The van der Waals surface area contributed by atoms with Crippen LogP contribution in [0.15, 0.2) is 84.9 Å². The molecule has 0 saturated heterocycles. The lowest BCUT2D eigenvalue weighted by Gasteiger charge is -2.21. The number of nitrogens with one attached hydrogen (secondary N) is 3. The van der Waals surface area contributed by atoms with Gasteiger partial charge in [-0.1, -0.05) is 72.8 Å². The molecule has 0 heterocycles. The molecule has 3 aromatic carbocycles. The van der Waals surface area contributed by atoms with Gasteiger partial charge in [0.2, 0.25) is 11.8 Å². The summed E-state index contributed by atoms with van der Waals surface area (Å²) < 4.78 is 5.37. The van der Waals surface area contributed by atoms with Crippen LogP contribution in [0.25, 0.3) is 0 Å². The molecule has 3 N–H and O–H groups in total. The van der Waals surface area contributed by atoms with E-state index < -0.39 is 18.1 Å². The summed E-state index contributed by atoms with van der Waals surface area (Å²) in [4.78, 5) is 36.8. The summed E-state index contributed by atoms with van der Waals surface area (Å²) in [6.45, 7) is 3.86. The molecule has 0 fully saturated rings. The van der Waals surface area contributed by atoms with Gasteiger partial charge in [0.05, 0.1) is 6.04 Å². The summed E-state index contributed by atoms with van der Waals surface area (Å²) >= 11 is 0. The van der Waals surface area contributed by atoms with Crippen LogP contribution < -0.4 is 16.0 Å². The zero-order chi connectivity index (χ0) is 26.5. The lowest BCUT2D eigenvalue weighted by atomic mass is 10.0. The van der Waals surface area contributed by atoms with Crippen LogP contribution in [0, 0.1) is 0 Å².